The highest BCUT2D eigenvalue weighted by Crippen LogP contribution is 2.36. The van der Waals surface area contributed by atoms with Gasteiger partial charge in [-0.15, -0.1) is 0 Å². The summed E-state index contributed by atoms with van der Waals surface area (Å²) < 4.78 is 2.32. The lowest BCUT2D eigenvalue weighted by Gasteiger charge is -2.20. The number of nitrogens with zero attached hydrogens (tertiary/aromatic N) is 3. The molecule has 1 aliphatic carbocycles. The predicted octanol–water partition coefficient (Wildman–Crippen LogP) is 4.73. The van der Waals surface area contributed by atoms with Crippen molar-refractivity contribution in [1.82, 2.24) is 19.4 Å². The van der Waals surface area contributed by atoms with Gasteiger partial charge in [0.1, 0.15) is 5.82 Å². The van der Waals surface area contributed by atoms with Gasteiger partial charge in [0.15, 0.2) is 5.65 Å². The molecule has 1 N–H and O–H groups in total. The second kappa shape index (κ2) is 5.48. The van der Waals surface area contributed by atoms with E-state index >= 15 is 0 Å². The third kappa shape index (κ3) is 2.06. The van der Waals surface area contributed by atoms with Gasteiger partial charge < -0.3 is 4.98 Å². The van der Waals surface area contributed by atoms with Crippen molar-refractivity contribution in [1.29, 1.82) is 0 Å². The fourth-order valence-corrected chi connectivity index (χ4v) is 3.98. The fourth-order valence-electron chi connectivity index (χ4n) is 3.98. The summed E-state index contributed by atoms with van der Waals surface area (Å²) in [6.45, 7) is 0. The zero-order valence-electron chi connectivity index (χ0n) is 13.5. The molecule has 4 aromatic rings. The normalized spacial score (nSPS) is 16.2. The first-order valence-corrected chi connectivity index (χ1v) is 8.73. The van der Waals surface area contributed by atoms with Crippen LogP contribution in [0.2, 0.25) is 0 Å². The highest BCUT2D eigenvalue weighted by molar-refractivity contribution is 5.84. The van der Waals surface area contributed by atoms with E-state index in [1.54, 1.807) is 0 Å². The number of hydrogen-bond donors (Lipinski definition) is 1. The first-order valence-electron chi connectivity index (χ1n) is 8.73. The topological polar surface area (TPSA) is 46.0 Å². The van der Waals surface area contributed by atoms with Crippen molar-refractivity contribution in [3.63, 3.8) is 0 Å². The molecule has 1 aromatic carbocycles. The summed E-state index contributed by atoms with van der Waals surface area (Å²) in [5.74, 6) is 1.73. The lowest BCUT2D eigenvalue weighted by atomic mass is 9.89. The van der Waals surface area contributed by atoms with Gasteiger partial charge in [0.2, 0.25) is 0 Å². The summed E-state index contributed by atoms with van der Waals surface area (Å²) in [4.78, 5) is 12.9. The number of benzene rings is 1. The number of nitrogens with one attached hydrogen (secondary N) is 1. The third-order valence-corrected chi connectivity index (χ3v) is 5.16. The van der Waals surface area contributed by atoms with Crippen LogP contribution in [-0.2, 0) is 0 Å². The Bertz CT molecular complexity index is 991. The van der Waals surface area contributed by atoms with Crippen LogP contribution >= 0.6 is 0 Å². The summed E-state index contributed by atoms with van der Waals surface area (Å²) in [7, 11) is 0. The molecule has 4 nitrogen and oxygen atoms in total. The Kier molecular flexibility index (Phi) is 3.15. The minimum atomic E-state index is 0.538. The first kappa shape index (κ1) is 13.8. The maximum Gasteiger partial charge on any atom is 0.154 e. The van der Waals surface area contributed by atoms with E-state index in [1.807, 2.05) is 24.5 Å². The van der Waals surface area contributed by atoms with Crippen molar-refractivity contribution in [3.8, 4) is 11.3 Å². The van der Waals surface area contributed by atoms with E-state index in [1.165, 1.54) is 37.9 Å². The van der Waals surface area contributed by atoms with Gasteiger partial charge in [0.25, 0.3) is 0 Å². The van der Waals surface area contributed by atoms with Gasteiger partial charge in [-0.25, -0.2) is 9.97 Å². The van der Waals surface area contributed by atoms with Gasteiger partial charge in [-0.2, -0.15) is 0 Å². The van der Waals surface area contributed by atoms with E-state index in [0.717, 1.165) is 27.9 Å². The van der Waals surface area contributed by atoms with E-state index < -0.39 is 0 Å². The minimum Gasteiger partial charge on any atom is -0.345 e. The maximum atomic E-state index is 5.11. The SMILES string of the molecule is [c]1ccc(-c2nc(C3CCCCC3)n3c2cnc2[nH]ccc23)cc1. The van der Waals surface area contributed by atoms with Crippen molar-refractivity contribution in [2.24, 2.45) is 0 Å². The number of fused-ring (bicyclic) bond motifs is 3. The Morgan fingerprint density at radius 3 is 2.71 bits per heavy atom. The lowest BCUT2D eigenvalue weighted by molar-refractivity contribution is 0.429. The van der Waals surface area contributed by atoms with E-state index in [2.05, 4.69) is 38.6 Å². The molecule has 0 atom stereocenters. The maximum absolute atomic E-state index is 5.11. The number of imidazole rings is 1. The first-order chi connectivity index (χ1) is 11.9. The largest absolute Gasteiger partial charge is 0.345 e. The van der Waals surface area contributed by atoms with Crippen molar-refractivity contribution >= 4 is 16.7 Å². The molecule has 1 fully saturated rings. The Morgan fingerprint density at radius 2 is 1.88 bits per heavy atom. The van der Waals surface area contributed by atoms with Gasteiger partial charge >= 0.3 is 0 Å². The van der Waals surface area contributed by atoms with E-state index in [-0.39, 0.29) is 0 Å². The molecule has 24 heavy (non-hydrogen) atoms. The molecule has 0 saturated heterocycles. The average Bonchev–Trinajstić information content (AvgIpc) is 3.27. The second-order valence-electron chi connectivity index (χ2n) is 6.63. The molecule has 4 heteroatoms. The monoisotopic (exact) mass is 315 g/mol. The van der Waals surface area contributed by atoms with E-state index in [0.29, 0.717) is 5.92 Å². The molecule has 1 aliphatic rings. The summed E-state index contributed by atoms with van der Waals surface area (Å²) in [6, 6.07) is 13.2. The van der Waals surface area contributed by atoms with E-state index in [9.17, 15) is 0 Å². The molecule has 0 spiro atoms. The Balaban J connectivity index is 1.81. The molecule has 5 rings (SSSR count). The Hall–Kier alpha value is -2.62. The predicted molar refractivity (Wildman–Crippen MR) is 94.9 cm³/mol. The van der Waals surface area contributed by atoms with Crippen molar-refractivity contribution in [2.75, 3.05) is 0 Å². The van der Waals surface area contributed by atoms with Gasteiger partial charge in [0, 0.05) is 17.7 Å². The van der Waals surface area contributed by atoms with Crippen LogP contribution in [0.15, 0.2) is 42.7 Å². The van der Waals surface area contributed by atoms with Gasteiger partial charge in [0.05, 0.1) is 22.9 Å². The smallest absolute Gasteiger partial charge is 0.154 e. The summed E-state index contributed by atoms with van der Waals surface area (Å²) in [5.41, 5.74) is 5.29. The molecule has 119 valence electrons. The molecule has 1 radical (unpaired) electrons. The molecule has 0 bridgehead atoms. The number of aromatic nitrogens is 4. The van der Waals surface area contributed by atoms with Crippen LogP contribution in [0.3, 0.4) is 0 Å². The van der Waals surface area contributed by atoms with Crippen LogP contribution in [0.4, 0.5) is 0 Å². The summed E-state index contributed by atoms with van der Waals surface area (Å²) in [6.07, 6.45) is 10.3. The molecule has 0 aliphatic heterocycles. The minimum absolute atomic E-state index is 0.538. The highest BCUT2D eigenvalue weighted by atomic mass is 15.1. The van der Waals surface area contributed by atoms with Gasteiger partial charge in [-0.3, -0.25) is 4.40 Å². The van der Waals surface area contributed by atoms with Crippen LogP contribution in [0.1, 0.15) is 43.8 Å². The molecule has 3 heterocycles. The van der Waals surface area contributed by atoms with Crippen LogP contribution in [0, 0.1) is 6.07 Å². The van der Waals surface area contributed by atoms with Gasteiger partial charge in [-0.05, 0) is 25.0 Å². The van der Waals surface area contributed by atoms with Gasteiger partial charge in [-0.1, -0.05) is 43.5 Å². The molecule has 3 aromatic heterocycles. The van der Waals surface area contributed by atoms with E-state index in [4.69, 9.17) is 4.98 Å². The van der Waals surface area contributed by atoms with Crippen LogP contribution in [0.5, 0.6) is 0 Å². The quantitative estimate of drug-likeness (QED) is 0.581. The van der Waals surface area contributed by atoms with Crippen molar-refractivity contribution in [3.05, 3.63) is 54.6 Å². The average molecular weight is 315 g/mol. The molecule has 0 unspecified atom stereocenters. The summed E-state index contributed by atoms with van der Waals surface area (Å²) in [5, 5.41) is 0. The van der Waals surface area contributed by atoms with Crippen LogP contribution in [-0.4, -0.2) is 19.4 Å². The number of aromatic amines is 1. The highest BCUT2D eigenvalue weighted by Gasteiger charge is 2.24. The van der Waals surface area contributed by atoms with Crippen molar-refractivity contribution < 1.29 is 0 Å². The fraction of sp³-hybridized carbons (Fsp3) is 0.300. The zero-order valence-corrected chi connectivity index (χ0v) is 13.5. The lowest BCUT2D eigenvalue weighted by Crippen LogP contribution is -2.09. The standard InChI is InChI=1S/C20H19N4/c1-3-7-14(8-4-1)18-17-13-22-19-16(11-12-21-19)24(17)20(23-18)15-9-5-2-6-10-15/h3-4,7-8,11-13,15,21H,2,5-6,9-10H2. The second-order valence-corrected chi connectivity index (χ2v) is 6.63. The summed E-state index contributed by atoms with van der Waals surface area (Å²) >= 11 is 0. The number of H-pyrrole nitrogens is 1. The molecular formula is C20H19N4. The van der Waals surface area contributed by atoms with Crippen LogP contribution in [0.25, 0.3) is 27.9 Å². The molecule has 0 amide bonds. The van der Waals surface area contributed by atoms with Crippen LogP contribution < -0.4 is 0 Å². The third-order valence-electron chi connectivity index (χ3n) is 5.16. The Labute approximate surface area is 140 Å². The molecular weight excluding hydrogens is 296 g/mol. The number of hydrogen-bond acceptors (Lipinski definition) is 2. The molecule has 1 saturated carbocycles. The zero-order chi connectivity index (χ0) is 15.9. The van der Waals surface area contributed by atoms with Crippen molar-refractivity contribution in [2.45, 2.75) is 38.0 Å². The Morgan fingerprint density at radius 1 is 1.04 bits per heavy atom. The number of rotatable bonds is 2.